The van der Waals surface area contributed by atoms with E-state index in [-0.39, 0.29) is 0 Å². The number of hydrogen-bond acceptors (Lipinski definition) is 1. The molecule has 0 spiro atoms. The predicted octanol–water partition coefficient (Wildman–Crippen LogP) is 3.44. The van der Waals surface area contributed by atoms with Gasteiger partial charge >= 0.3 is 0 Å². The number of hydrogen-bond donors (Lipinski definition) is 0. The molecule has 1 aromatic carbocycles. The van der Waals surface area contributed by atoms with E-state index in [2.05, 4.69) is 20.9 Å². The topological polar surface area (TPSA) is 12.9 Å². The van der Waals surface area contributed by atoms with Crippen molar-refractivity contribution in [3.63, 3.8) is 0 Å². The van der Waals surface area contributed by atoms with Crippen LogP contribution in [0, 0.1) is 12.9 Å². The van der Waals surface area contributed by atoms with Crippen LogP contribution < -0.4 is 0 Å². The molecule has 0 N–H and O–H groups in total. The molecular weight excluding hydrogens is 233 g/mol. The molecule has 0 fully saturated rings. The Morgan fingerprint density at radius 3 is 2.54 bits per heavy atom. The van der Waals surface area contributed by atoms with Crippen LogP contribution in [0.1, 0.15) is 5.56 Å². The minimum Gasteiger partial charge on any atom is -0.212 e. The van der Waals surface area contributed by atoms with Gasteiger partial charge in [-0.15, -0.1) is 0 Å². The Morgan fingerprint density at radius 2 is 1.85 bits per heavy atom. The summed E-state index contributed by atoms with van der Waals surface area (Å²) in [6.45, 7) is 1.73. The summed E-state index contributed by atoms with van der Waals surface area (Å²) in [4.78, 5) is 3.75. The first-order chi connectivity index (χ1) is 6.20. The van der Waals surface area contributed by atoms with Crippen LogP contribution in [0.4, 0.5) is 4.39 Å². The van der Waals surface area contributed by atoms with Gasteiger partial charge in [0.25, 0.3) is 0 Å². The zero-order chi connectivity index (χ0) is 9.42. The molecule has 0 unspecified atom stereocenters. The predicted molar refractivity (Wildman–Crippen MR) is 54.1 cm³/mol. The molecule has 0 amide bonds. The van der Waals surface area contributed by atoms with E-state index in [9.17, 15) is 4.39 Å². The maximum Gasteiger partial charge on any atom is 0.217 e. The minimum atomic E-state index is -0.412. The van der Waals surface area contributed by atoms with Crippen LogP contribution in [0.25, 0.3) is 10.8 Å². The fourth-order valence-corrected chi connectivity index (χ4v) is 1.83. The van der Waals surface area contributed by atoms with Crippen LogP contribution in [0.15, 0.2) is 28.9 Å². The average molecular weight is 240 g/mol. The van der Waals surface area contributed by atoms with Gasteiger partial charge in [-0.1, -0.05) is 24.3 Å². The third-order valence-electron chi connectivity index (χ3n) is 2.06. The van der Waals surface area contributed by atoms with Crippen LogP contribution >= 0.6 is 15.9 Å². The summed E-state index contributed by atoms with van der Waals surface area (Å²) in [5.41, 5.74) is 0.596. The van der Waals surface area contributed by atoms with Crippen LogP contribution in [-0.2, 0) is 0 Å². The maximum atomic E-state index is 13.2. The lowest BCUT2D eigenvalue weighted by Crippen LogP contribution is -1.91. The number of aromatic nitrogens is 1. The SMILES string of the molecule is Cc1c(F)nc(Br)c2ccccc12. The monoisotopic (exact) mass is 239 g/mol. The van der Waals surface area contributed by atoms with E-state index in [1.807, 2.05) is 24.3 Å². The van der Waals surface area contributed by atoms with Crippen molar-refractivity contribution < 1.29 is 4.39 Å². The number of fused-ring (bicyclic) bond motifs is 1. The molecule has 0 aliphatic heterocycles. The lowest BCUT2D eigenvalue weighted by Gasteiger charge is -2.03. The molecule has 1 aromatic heterocycles. The minimum absolute atomic E-state index is 0.412. The average Bonchev–Trinajstić information content (AvgIpc) is 2.15. The van der Waals surface area contributed by atoms with Gasteiger partial charge in [-0.25, -0.2) is 4.98 Å². The van der Waals surface area contributed by atoms with Crippen molar-refractivity contribution in [3.05, 3.63) is 40.4 Å². The standard InChI is InChI=1S/C10H7BrFN/c1-6-7-4-2-3-5-8(7)9(11)13-10(6)12/h2-5H,1H3. The Bertz CT molecular complexity index is 468. The van der Waals surface area contributed by atoms with Gasteiger partial charge in [0.2, 0.25) is 5.95 Å². The highest BCUT2D eigenvalue weighted by molar-refractivity contribution is 9.10. The van der Waals surface area contributed by atoms with E-state index >= 15 is 0 Å². The molecule has 0 saturated carbocycles. The summed E-state index contributed by atoms with van der Waals surface area (Å²) < 4.78 is 13.7. The molecule has 2 rings (SSSR count). The Balaban J connectivity index is 2.97. The number of pyridine rings is 1. The van der Waals surface area contributed by atoms with Crippen LogP contribution in [-0.4, -0.2) is 4.98 Å². The molecule has 1 heterocycles. The Kier molecular flexibility index (Phi) is 2.04. The van der Waals surface area contributed by atoms with E-state index in [4.69, 9.17) is 0 Å². The zero-order valence-corrected chi connectivity index (χ0v) is 8.60. The molecule has 0 saturated heterocycles. The molecule has 0 aliphatic carbocycles. The number of rotatable bonds is 0. The third-order valence-corrected chi connectivity index (χ3v) is 2.66. The van der Waals surface area contributed by atoms with Crippen molar-refractivity contribution in [1.29, 1.82) is 0 Å². The van der Waals surface area contributed by atoms with Gasteiger partial charge in [-0.3, -0.25) is 0 Å². The van der Waals surface area contributed by atoms with E-state index in [0.29, 0.717) is 10.2 Å². The smallest absolute Gasteiger partial charge is 0.212 e. The Hall–Kier alpha value is -0.960. The van der Waals surface area contributed by atoms with Crippen molar-refractivity contribution in [2.75, 3.05) is 0 Å². The Labute approximate surface area is 83.7 Å². The van der Waals surface area contributed by atoms with Gasteiger partial charge in [-0.05, 0) is 28.2 Å². The summed E-state index contributed by atoms with van der Waals surface area (Å²) in [7, 11) is 0. The lowest BCUT2D eigenvalue weighted by molar-refractivity contribution is 0.575. The van der Waals surface area contributed by atoms with Crippen molar-refractivity contribution in [2.24, 2.45) is 0 Å². The summed E-state index contributed by atoms with van der Waals surface area (Å²) in [5, 5.41) is 1.85. The molecule has 0 aliphatic rings. The van der Waals surface area contributed by atoms with E-state index < -0.39 is 5.95 Å². The van der Waals surface area contributed by atoms with Gasteiger partial charge in [0, 0.05) is 10.9 Å². The van der Waals surface area contributed by atoms with Crippen LogP contribution in [0.2, 0.25) is 0 Å². The fourth-order valence-electron chi connectivity index (χ4n) is 1.33. The summed E-state index contributed by atoms with van der Waals surface area (Å²) in [6.07, 6.45) is 0. The van der Waals surface area contributed by atoms with Crippen molar-refractivity contribution >= 4 is 26.7 Å². The van der Waals surface area contributed by atoms with Crippen molar-refractivity contribution in [3.8, 4) is 0 Å². The normalized spacial score (nSPS) is 10.7. The van der Waals surface area contributed by atoms with E-state index in [1.54, 1.807) is 6.92 Å². The third kappa shape index (κ3) is 1.33. The Morgan fingerprint density at radius 1 is 1.23 bits per heavy atom. The van der Waals surface area contributed by atoms with Gasteiger partial charge < -0.3 is 0 Å². The number of aryl methyl sites for hydroxylation is 1. The second kappa shape index (κ2) is 3.07. The molecule has 2 aromatic rings. The molecule has 0 atom stereocenters. The summed E-state index contributed by atoms with van der Waals surface area (Å²) in [5.74, 6) is -0.412. The van der Waals surface area contributed by atoms with E-state index in [0.717, 1.165) is 10.8 Å². The zero-order valence-electron chi connectivity index (χ0n) is 7.01. The highest BCUT2D eigenvalue weighted by Gasteiger charge is 2.07. The van der Waals surface area contributed by atoms with Crippen molar-refractivity contribution in [2.45, 2.75) is 6.92 Å². The van der Waals surface area contributed by atoms with Crippen LogP contribution in [0.3, 0.4) is 0 Å². The molecule has 3 heteroatoms. The number of nitrogens with zero attached hydrogens (tertiary/aromatic N) is 1. The molecular formula is C10H7BrFN. The molecule has 13 heavy (non-hydrogen) atoms. The second-order valence-electron chi connectivity index (χ2n) is 2.86. The fraction of sp³-hybridized carbons (Fsp3) is 0.100. The lowest BCUT2D eigenvalue weighted by atomic mass is 10.1. The first kappa shape index (κ1) is 8.63. The second-order valence-corrected chi connectivity index (χ2v) is 3.62. The molecule has 0 radical (unpaired) electrons. The largest absolute Gasteiger partial charge is 0.217 e. The first-order valence-electron chi connectivity index (χ1n) is 3.90. The molecule has 1 nitrogen and oxygen atoms in total. The summed E-state index contributed by atoms with van der Waals surface area (Å²) in [6, 6.07) is 7.60. The maximum absolute atomic E-state index is 13.2. The molecule has 0 bridgehead atoms. The highest BCUT2D eigenvalue weighted by atomic mass is 79.9. The number of benzene rings is 1. The highest BCUT2D eigenvalue weighted by Crippen LogP contribution is 2.25. The van der Waals surface area contributed by atoms with Gasteiger partial charge in [-0.2, -0.15) is 4.39 Å². The quantitative estimate of drug-likeness (QED) is 0.642. The van der Waals surface area contributed by atoms with Gasteiger partial charge in [0.05, 0.1) is 0 Å². The summed E-state index contributed by atoms with van der Waals surface area (Å²) >= 11 is 3.23. The van der Waals surface area contributed by atoms with Crippen LogP contribution in [0.5, 0.6) is 0 Å². The number of halogens is 2. The van der Waals surface area contributed by atoms with E-state index in [1.165, 1.54) is 0 Å². The van der Waals surface area contributed by atoms with Crippen molar-refractivity contribution in [1.82, 2.24) is 4.98 Å². The first-order valence-corrected chi connectivity index (χ1v) is 4.70. The molecule has 66 valence electrons. The van der Waals surface area contributed by atoms with Gasteiger partial charge in [0.1, 0.15) is 4.60 Å². The van der Waals surface area contributed by atoms with Gasteiger partial charge in [0.15, 0.2) is 0 Å².